The van der Waals surface area contributed by atoms with Gasteiger partial charge in [0, 0.05) is 11.8 Å². The Bertz CT molecular complexity index is 1400. The lowest BCUT2D eigenvalue weighted by molar-refractivity contribution is 0.0894. The van der Waals surface area contributed by atoms with Gasteiger partial charge in [0.1, 0.15) is 5.82 Å². The van der Waals surface area contributed by atoms with Gasteiger partial charge in [-0.2, -0.15) is 5.26 Å². The average Bonchev–Trinajstić information content (AvgIpc) is 3.31. The molecule has 3 heterocycles. The Morgan fingerprint density at radius 1 is 1.03 bits per heavy atom. The van der Waals surface area contributed by atoms with Crippen LogP contribution in [0.1, 0.15) is 45.9 Å². The molecular weight excluding hydrogens is 457 g/mol. The topological polar surface area (TPSA) is 76.1 Å². The van der Waals surface area contributed by atoms with E-state index in [9.17, 15) is 9.65 Å². The number of hydrogen-bond donors (Lipinski definition) is 0. The van der Waals surface area contributed by atoms with Crippen LogP contribution in [0.2, 0.25) is 18.1 Å². The van der Waals surface area contributed by atoms with Crippen molar-refractivity contribution in [2.75, 3.05) is 0 Å². The van der Waals surface area contributed by atoms with Crippen LogP contribution >= 0.6 is 0 Å². The summed E-state index contributed by atoms with van der Waals surface area (Å²) in [4.78, 5) is 14.1. The molecule has 0 spiro atoms. The van der Waals surface area contributed by atoms with Gasteiger partial charge in [0.2, 0.25) is 5.78 Å². The van der Waals surface area contributed by atoms with Gasteiger partial charge >= 0.3 is 0 Å². The standard InChI is InChI=1S/C27H30FN5OSi/c1-6-35(7-2,8-3)34-27(4,5)25-14-15-33-24(18-30-26(33)32-25)23-11-9-10-22(31-23)21-16-20(28)13-12-19(21)17-29/h9-16,18H,6-8H2,1-5H3. The van der Waals surface area contributed by atoms with Crippen LogP contribution in [0.5, 0.6) is 0 Å². The molecule has 180 valence electrons. The Kier molecular flexibility index (Phi) is 6.83. The molecule has 0 amide bonds. The molecular formula is C27H30FN5OSi. The molecule has 0 unspecified atom stereocenters. The molecule has 0 fully saturated rings. The number of aromatic nitrogens is 4. The van der Waals surface area contributed by atoms with E-state index in [1.54, 1.807) is 12.3 Å². The lowest BCUT2D eigenvalue weighted by Gasteiger charge is -2.37. The SMILES string of the molecule is CC[Si](CC)(CC)OC(C)(C)c1ccn2c(-c3cccc(-c4cc(F)ccc4C#N)n3)cnc2n1. The van der Waals surface area contributed by atoms with E-state index < -0.39 is 19.7 Å². The second-order valence-electron chi connectivity index (χ2n) is 9.19. The summed E-state index contributed by atoms with van der Waals surface area (Å²) in [5, 5.41) is 9.44. The number of rotatable bonds is 8. The predicted molar refractivity (Wildman–Crippen MR) is 138 cm³/mol. The molecule has 8 heteroatoms. The largest absolute Gasteiger partial charge is 0.406 e. The minimum atomic E-state index is -1.83. The van der Waals surface area contributed by atoms with E-state index in [2.05, 4.69) is 45.7 Å². The van der Waals surface area contributed by atoms with Crippen LogP contribution in [0, 0.1) is 17.1 Å². The molecule has 0 aliphatic rings. The van der Waals surface area contributed by atoms with Gasteiger partial charge in [-0.1, -0.05) is 26.8 Å². The third kappa shape index (κ3) is 4.74. The van der Waals surface area contributed by atoms with E-state index in [-0.39, 0.29) is 0 Å². The first-order chi connectivity index (χ1) is 16.8. The molecule has 4 aromatic rings. The number of benzene rings is 1. The summed E-state index contributed by atoms with van der Waals surface area (Å²) in [6.45, 7) is 10.8. The van der Waals surface area contributed by atoms with Crippen LogP contribution in [0.25, 0.3) is 28.4 Å². The van der Waals surface area contributed by atoms with Crippen molar-refractivity contribution in [2.45, 2.75) is 58.4 Å². The minimum absolute atomic E-state index is 0.369. The van der Waals surface area contributed by atoms with Gasteiger partial charge in [0.15, 0.2) is 8.32 Å². The Morgan fingerprint density at radius 3 is 2.43 bits per heavy atom. The first-order valence-corrected chi connectivity index (χ1v) is 14.5. The van der Waals surface area contributed by atoms with Gasteiger partial charge in [-0.25, -0.2) is 19.3 Å². The van der Waals surface area contributed by atoms with Crippen molar-refractivity contribution in [3.63, 3.8) is 0 Å². The summed E-state index contributed by atoms with van der Waals surface area (Å²) >= 11 is 0. The van der Waals surface area contributed by atoms with Crippen LogP contribution < -0.4 is 0 Å². The molecule has 35 heavy (non-hydrogen) atoms. The fraction of sp³-hybridized carbons (Fsp3) is 0.333. The molecule has 0 saturated heterocycles. The lowest BCUT2D eigenvalue weighted by Crippen LogP contribution is -2.43. The second-order valence-corrected chi connectivity index (χ2v) is 13.9. The molecule has 1 aromatic carbocycles. The van der Waals surface area contributed by atoms with Gasteiger partial charge in [0.05, 0.1) is 46.2 Å². The fourth-order valence-electron chi connectivity index (χ4n) is 4.51. The Balaban J connectivity index is 1.72. The minimum Gasteiger partial charge on any atom is -0.406 e. The van der Waals surface area contributed by atoms with Gasteiger partial charge in [-0.05, 0) is 68.4 Å². The highest BCUT2D eigenvalue weighted by Gasteiger charge is 2.37. The molecule has 0 saturated carbocycles. The Morgan fingerprint density at radius 2 is 1.74 bits per heavy atom. The molecule has 0 aliphatic carbocycles. The van der Waals surface area contributed by atoms with E-state index in [4.69, 9.17) is 14.4 Å². The fourth-order valence-corrected chi connectivity index (χ4v) is 7.63. The van der Waals surface area contributed by atoms with Crippen molar-refractivity contribution in [2.24, 2.45) is 0 Å². The molecule has 0 N–H and O–H groups in total. The number of nitriles is 1. The van der Waals surface area contributed by atoms with Crippen molar-refractivity contribution in [1.29, 1.82) is 5.26 Å². The average molecular weight is 488 g/mol. The van der Waals surface area contributed by atoms with Gasteiger partial charge in [-0.3, -0.25) is 4.40 Å². The zero-order chi connectivity index (χ0) is 25.2. The van der Waals surface area contributed by atoms with Gasteiger partial charge in [-0.15, -0.1) is 0 Å². The highest BCUT2D eigenvalue weighted by molar-refractivity contribution is 6.73. The van der Waals surface area contributed by atoms with Crippen LogP contribution in [0.4, 0.5) is 4.39 Å². The van der Waals surface area contributed by atoms with E-state index in [1.807, 2.05) is 28.8 Å². The van der Waals surface area contributed by atoms with E-state index in [0.717, 1.165) is 29.5 Å². The summed E-state index contributed by atoms with van der Waals surface area (Å²) in [6, 6.07) is 16.8. The first-order valence-electron chi connectivity index (χ1n) is 12.0. The van der Waals surface area contributed by atoms with Crippen LogP contribution in [0.15, 0.2) is 54.9 Å². The van der Waals surface area contributed by atoms with Gasteiger partial charge < -0.3 is 4.43 Å². The highest BCUT2D eigenvalue weighted by Crippen LogP contribution is 2.34. The van der Waals surface area contributed by atoms with Crippen molar-refractivity contribution in [3.05, 3.63) is 71.9 Å². The van der Waals surface area contributed by atoms with E-state index in [0.29, 0.717) is 28.3 Å². The maximum Gasteiger partial charge on any atom is 0.234 e. The molecule has 0 bridgehead atoms. The van der Waals surface area contributed by atoms with Crippen LogP contribution in [0.3, 0.4) is 0 Å². The van der Waals surface area contributed by atoms with Crippen molar-refractivity contribution in [1.82, 2.24) is 19.4 Å². The van der Waals surface area contributed by atoms with Crippen LogP contribution in [-0.4, -0.2) is 27.7 Å². The maximum absolute atomic E-state index is 13.9. The molecule has 0 atom stereocenters. The summed E-state index contributed by atoms with van der Waals surface area (Å²) in [5.41, 5.74) is 3.08. The first kappa shape index (κ1) is 24.7. The maximum atomic E-state index is 13.9. The Labute approximate surface area is 206 Å². The van der Waals surface area contributed by atoms with Gasteiger partial charge in [0.25, 0.3) is 0 Å². The van der Waals surface area contributed by atoms with Crippen LogP contribution in [-0.2, 0) is 10.0 Å². The second kappa shape index (κ2) is 9.68. The number of pyridine rings is 1. The number of hydrogen-bond acceptors (Lipinski definition) is 5. The van der Waals surface area contributed by atoms with E-state index in [1.165, 1.54) is 18.2 Å². The quantitative estimate of drug-likeness (QED) is 0.258. The third-order valence-corrected chi connectivity index (χ3v) is 11.6. The predicted octanol–water partition coefficient (Wildman–Crippen LogP) is 6.73. The number of imidazole rings is 1. The Hall–Kier alpha value is -3.41. The third-order valence-electron chi connectivity index (χ3n) is 6.79. The van der Waals surface area contributed by atoms with Crippen molar-refractivity contribution in [3.8, 4) is 28.7 Å². The number of halogens is 1. The molecule has 0 radical (unpaired) electrons. The summed E-state index contributed by atoms with van der Waals surface area (Å²) in [5.74, 6) is 0.144. The zero-order valence-corrected chi connectivity index (χ0v) is 21.8. The normalized spacial score (nSPS) is 12.1. The molecule has 4 rings (SSSR count). The smallest absolute Gasteiger partial charge is 0.234 e. The van der Waals surface area contributed by atoms with Crippen molar-refractivity contribution < 1.29 is 8.82 Å². The lowest BCUT2D eigenvalue weighted by atomic mass is 10.0. The number of fused-ring (bicyclic) bond motifs is 1. The molecule has 3 aromatic heterocycles. The monoisotopic (exact) mass is 487 g/mol. The zero-order valence-electron chi connectivity index (χ0n) is 20.8. The van der Waals surface area contributed by atoms with E-state index >= 15 is 0 Å². The summed E-state index contributed by atoms with van der Waals surface area (Å²) < 4.78 is 22.5. The summed E-state index contributed by atoms with van der Waals surface area (Å²) in [7, 11) is -1.83. The van der Waals surface area contributed by atoms with Crippen molar-refractivity contribution >= 4 is 14.1 Å². The molecule has 0 aliphatic heterocycles. The highest BCUT2D eigenvalue weighted by atomic mass is 28.4. The summed E-state index contributed by atoms with van der Waals surface area (Å²) in [6.07, 6.45) is 3.67. The number of nitrogens with zero attached hydrogens (tertiary/aromatic N) is 5. The molecule has 6 nitrogen and oxygen atoms in total.